The highest BCUT2D eigenvalue weighted by molar-refractivity contribution is 7.47. The molecule has 3 N–H and O–H groups in total. The molecule has 0 aliphatic rings. The van der Waals surface area contributed by atoms with Crippen LogP contribution in [0.5, 0.6) is 0 Å². The lowest BCUT2D eigenvalue weighted by Gasteiger charge is -2.21. The summed E-state index contributed by atoms with van der Waals surface area (Å²) in [6, 6.07) is 0. The van der Waals surface area contributed by atoms with Gasteiger partial charge in [0.2, 0.25) is 0 Å². The Morgan fingerprint density at radius 2 is 0.422 bits per heavy atom. The van der Waals surface area contributed by atoms with Crippen molar-refractivity contribution >= 4 is 39.5 Å². The number of carbonyl (C=O) groups excluding carboxylic acids is 4. The lowest BCUT2D eigenvalue weighted by Crippen LogP contribution is -2.30. The third-order valence-corrected chi connectivity index (χ3v) is 23.2. The summed E-state index contributed by atoms with van der Waals surface area (Å²) < 4.78 is 69.0. The van der Waals surface area contributed by atoms with Crippen molar-refractivity contribution in [2.75, 3.05) is 39.6 Å². The molecule has 0 saturated heterocycles. The molecule has 0 saturated carbocycles. The van der Waals surface area contributed by atoms with Gasteiger partial charge < -0.3 is 33.8 Å². The number of hydrogen-bond donors (Lipinski definition) is 3. The van der Waals surface area contributed by atoms with Crippen LogP contribution >= 0.6 is 15.6 Å². The van der Waals surface area contributed by atoms with Gasteiger partial charge in [-0.1, -0.05) is 439 Å². The second-order valence-electron chi connectivity index (χ2n) is 32.8. The molecule has 0 aromatic carbocycles. The first-order valence-corrected chi connectivity index (χ1v) is 49.6. The van der Waals surface area contributed by atoms with Crippen LogP contribution < -0.4 is 0 Å². The zero-order valence-corrected chi connectivity index (χ0v) is 73.5. The van der Waals surface area contributed by atoms with Crippen LogP contribution in [0.4, 0.5) is 0 Å². The number of carbonyl (C=O) groups is 4. The highest BCUT2D eigenvalue weighted by atomic mass is 31.2. The van der Waals surface area contributed by atoms with Gasteiger partial charge in [0.05, 0.1) is 26.4 Å². The largest absolute Gasteiger partial charge is 0.472 e. The highest BCUT2D eigenvalue weighted by Crippen LogP contribution is 2.45. The molecule has 5 atom stereocenters. The van der Waals surface area contributed by atoms with E-state index in [4.69, 9.17) is 37.0 Å². The molecule has 0 aromatic rings. The van der Waals surface area contributed by atoms with Crippen LogP contribution in [0.25, 0.3) is 0 Å². The summed E-state index contributed by atoms with van der Waals surface area (Å²) in [6.45, 7) is 7.33. The normalized spacial score (nSPS) is 13.7. The maximum Gasteiger partial charge on any atom is 0.472 e. The van der Waals surface area contributed by atoms with Crippen molar-refractivity contribution < 1.29 is 80.2 Å². The summed E-state index contributed by atoms with van der Waals surface area (Å²) in [6.07, 6.45) is 78.1. The van der Waals surface area contributed by atoms with E-state index in [1.165, 1.54) is 308 Å². The van der Waals surface area contributed by atoms with Crippen LogP contribution in [0.2, 0.25) is 0 Å². The minimum absolute atomic E-state index is 0.108. The number of ether oxygens (including phenoxy) is 4. The third kappa shape index (κ3) is 83.8. The van der Waals surface area contributed by atoms with Crippen LogP contribution in [0.3, 0.4) is 0 Å². The van der Waals surface area contributed by atoms with Crippen molar-refractivity contribution in [2.24, 2.45) is 5.92 Å². The average Bonchev–Trinajstić information content (AvgIpc) is 0.899. The molecule has 0 spiro atoms. The second-order valence-corrected chi connectivity index (χ2v) is 35.7. The summed E-state index contributed by atoms with van der Waals surface area (Å²) >= 11 is 0. The molecule has 0 amide bonds. The van der Waals surface area contributed by atoms with Crippen molar-refractivity contribution in [1.82, 2.24) is 0 Å². The third-order valence-electron chi connectivity index (χ3n) is 21.3. The van der Waals surface area contributed by atoms with Crippen molar-refractivity contribution in [3.8, 4) is 0 Å². The fourth-order valence-electron chi connectivity index (χ4n) is 14.2. The molecule has 17 nitrogen and oxygen atoms in total. The molecule has 109 heavy (non-hydrogen) atoms. The molecule has 0 heterocycles. The van der Waals surface area contributed by atoms with Crippen molar-refractivity contribution in [2.45, 2.75) is 509 Å². The van der Waals surface area contributed by atoms with Crippen molar-refractivity contribution in [1.29, 1.82) is 0 Å². The molecule has 0 rings (SSSR count). The number of aliphatic hydroxyl groups is 1. The number of esters is 4. The van der Waals surface area contributed by atoms with Gasteiger partial charge in [-0.3, -0.25) is 37.3 Å². The topological polar surface area (TPSA) is 237 Å². The molecular formula is C90H176O17P2. The summed E-state index contributed by atoms with van der Waals surface area (Å²) in [7, 11) is -9.93. The van der Waals surface area contributed by atoms with E-state index in [2.05, 4.69) is 34.6 Å². The monoisotopic (exact) mass is 1590 g/mol. The predicted octanol–water partition coefficient (Wildman–Crippen LogP) is 27.9. The van der Waals surface area contributed by atoms with Gasteiger partial charge in [0.25, 0.3) is 0 Å². The van der Waals surface area contributed by atoms with E-state index >= 15 is 0 Å². The molecular weight excluding hydrogens is 1410 g/mol. The lowest BCUT2D eigenvalue weighted by molar-refractivity contribution is -0.161. The summed E-state index contributed by atoms with van der Waals surface area (Å²) in [5.41, 5.74) is 0. The zero-order chi connectivity index (χ0) is 79.7. The Labute approximate surface area is 670 Å². The van der Waals surface area contributed by atoms with Crippen LogP contribution in [-0.4, -0.2) is 96.7 Å². The highest BCUT2D eigenvalue weighted by Gasteiger charge is 2.31. The van der Waals surface area contributed by atoms with Crippen molar-refractivity contribution in [3.63, 3.8) is 0 Å². The minimum Gasteiger partial charge on any atom is -0.462 e. The molecule has 648 valence electrons. The van der Waals surface area contributed by atoms with Crippen LogP contribution in [0.1, 0.15) is 490 Å². The molecule has 19 heteroatoms. The Balaban J connectivity index is 5.21. The smallest absolute Gasteiger partial charge is 0.462 e. The van der Waals surface area contributed by atoms with Gasteiger partial charge >= 0.3 is 39.5 Å². The fraction of sp³-hybridized carbons (Fsp3) is 0.956. The Hall–Kier alpha value is -1.94. The van der Waals surface area contributed by atoms with E-state index in [1.54, 1.807) is 0 Å². The predicted molar refractivity (Wildman–Crippen MR) is 451 cm³/mol. The van der Waals surface area contributed by atoms with Gasteiger partial charge in [0, 0.05) is 25.7 Å². The number of aliphatic hydroxyl groups excluding tert-OH is 1. The van der Waals surface area contributed by atoms with Gasteiger partial charge in [-0.25, -0.2) is 9.13 Å². The van der Waals surface area contributed by atoms with Crippen LogP contribution in [0, 0.1) is 5.92 Å². The van der Waals surface area contributed by atoms with Gasteiger partial charge in [-0.05, 0) is 31.6 Å². The molecule has 0 aliphatic heterocycles. The summed E-state index contributed by atoms with van der Waals surface area (Å²) in [5, 5.41) is 10.7. The minimum atomic E-state index is -4.97. The Morgan fingerprint density at radius 1 is 0.248 bits per heavy atom. The van der Waals surface area contributed by atoms with Gasteiger partial charge in [0.1, 0.15) is 19.3 Å². The van der Waals surface area contributed by atoms with E-state index in [0.717, 1.165) is 96.3 Å². The Bertz CT molecular complexity index is 2070. The first kappa shape index (κ1) is 107. The molecule has 0 fully saturated rings. The number of hydrogen-bond acceptors (Lipinski definition) is 15. The van der Waals surface area contributed by atoms with Crippen LogP contribution in [0.15, 0.2) is 0 Å². The van der Waals surface area contributed by atoms with E-state index < -0.39 is 97.5 Å². The van der Waals surface area contributed by atoms with E-state index in [9.17, 15) is 43.2 Å². The summed E-state index contributed by atoms with van der Waals surface area (Å²) in [4.78, 5) is 73.3. The Morgan fingerprint density at radius 3 is 0.624 bits per heavy atom. The van der Waals surface area contributed by atoms with E-state index in [0.29, 0.717) is 31.6 Å². The molecule has 0 bridgehead atoms. The average molecular weight is 1590 g/mol. The van der Waals surface area contributed by atoms with Crippen molar-refractivity contribution in [3.05, 3.63) is 0 Å². The molecule has 0 aromatic heterocycles. The van der Waals surface area contributed by atoms with Gasteiger partial charge in [0.15, 0.2) is 12.2 Å². The van der Waals surface area contributed by atoms with E-state index in [1.807, 2.05) is 0 Å². The maximum absolute atomic E-state index is 13.2. The second kappa shape index (κ2) is 82.6. The summed E-state index contributed by atoms with van der Waals surface area (Å²) in [5.74, 6) is -1.39. The van der Waals surface area contributed by atoms with Gasteiger partial charge in [-0.2, -0.15) is 0 Å². The van der Waals surface area contributed by atoms with Gasteiger partial charge in [-0.15, -0.1) is 0 Å². The number of rotatable bonds is 90. The first-order chi connectivity index (χ1) is 53.0. The molecule has 0 radical (unpaired) electrons. The SMILES string of the molecule is CCCCCCCCCCCCCCCCCCCCCCCC(=O)O[C@H](COC(=O)CCCCCCCCCCCCCCCCCCCCCC)COP(=O)(O)OC[C@@H](O)COP(=O)(O)OC[C@@H](COC(=O)CCCCCCCCCC(C)C)OC(=O)CCCCCCCCCCCCCCCCCCCC. The molecule has 0 aliphatic carbocycles. The zero-order valence-electron chi connectivity index (χ0n) is 71.7. The van der Waals surface area contributed by atoms with Crippen LogP contribution in [-0.2, 0) is 65.4 Å². The van der Waals surface area contributed by atoms with E-state index in [-0.39, 0.29) is 25.7 Å². The Kier molecular flexibility index (Phi) is 81.1. The number of phosphoric ester groups is 2. The number of unbranched alkanes of at least 4 members (excludes halogenated alkanes) is 62. The first-order valence-electron chi connectivity index (χ1n) is 46.6. The molecule has 2 unspecified atom stereocenters. The quantitative estimate of drug-likeness (QED) is 0.0222. The fourth-order valence-corrected chi connectivity index (χ4v) is 15.8. The number of phosphoric acid groups is 2. The standard InChI is InChI=1S/C90H176O17P2/c1-6-9-12-15-18-21-24-27-30-33-36-38-40-43-46-49-52-55-60-66-70-75-89(94)106-85(79-100-87(92)73-68-63-58-53-50-47-44-42-39-37-34-31-28-25-22-19-16-13-10-7-2)81-104-108(96,97)102-77-84(91)78-103-109(98,99)105-82-86(80-101-88(93)74-69-64-61-56-57-62-67-72-83(4)5)107-90(95)76-71-65-59-54-51-48-45-41-35-32-29-26-23-20-17-14-11-8-3/h83-86,91H,6-82H2,1-5H3,(H,96,97)(H,98,99)/t84-,85-,86-/m1/s1. The lowest BCUT2D eigenvalue weighted by atomic mass is 10.0. The maximum atomic E-state index is 13.2.